The van der Waals surface area contributed by atoms with Gasteiger partial charge in [0.2, 0.25) is 0 Å². The van der Waals surface area contributed by atoms with Crippen molar-refractivity contribution in [3.05, 3.63) is 77.1 Å². The number of aromatic nitrogens is 2. The van der Waals surface area contributed by atoms with Gasteiger partial charge in [-0.3, -0.25) is 4.79 Å². The molecule has 4 rings (SSSR count). The standard InChI is InChI=1S/C29H38N4O/c1-4-17-32(29(34)25-13-7-6-12-23(25)3)22-28-30-26-14-8-9-15-27(26)33(28)21-24(5-2)16-20-31-18-10-11-19-31/h5-9,12-15H,4,10-11,16-22H2,1-3H3/b24-5+. The number of hydrogen-bond acceptors (Lipinski definition) is 3. The molecule has 1 aliphatic heterocycles. The third-order valence-corrected chi connectivity index (χ3v) is 6.94. The van der Waals surface area contributed by atoms with Crippen LogP contribution in [-0.2, 0) is 13.1 Å². The van der Waals surface area contributed by atoms with Gasteiger partial charge in [0, 0.05) is 25.2 Å². The lowest BCUT2D eigenvalue weighted by atomic mass is 10.1. The minimum absolute atomic E-state index is 0.0823. The third kappa shape index (κ3) is 5.58. The van der Waals surface area contributed by atoms with Gasteiger partial charge in [-0.25, -0.2) is 4.98 Å². The molecule has 180 valence electrons. The molecule has 5 nitrogen and oxygen atoms in total. The zero-order valence-corrected chi connectivity index (χ0v) is 21.0. The lowest BCUT2D eigenvalue weighted by molar-refractivity contribution is 0.0736. The van der Waals surface area contributed by atoms with E-state index in [-0.39, 0.29) is 5.91 Å². The summed E-state index contributed by atoms with van der Waals surface area (Å²) in [5.74, 6) is 1.04. The molecule has 2 aromatic carbocycles. The van der Waals surface area contributed by atoms with Crippen molar-refractivity contribution in [1.29, 1.82) is 0 Å². The molecule has 0 aliphatic carbocycles. The van der Waals surface area contributed by atoms with Crippen LogP contribution in [0.1, 0.15) is 61.3 Å². The molecule has 0 bridgehead atoms. The van der Waals surface area contributed by atoms with Gasteiger partial charge in [0.1, 0.15) is 5.82 Å². The predicted molar refractivity (Wildman–Crippen MR) is 140 cm³/mol. The molecule has 34 heavy (non-hydrogen) atoms. The van der Waals surface area contributed by atoms with Crippen LogP contribution < -0.4 is 0 Å². The Bertz CT molecular complexity index is 1140. The van der Waals surface area contributed by atoms with Crippen LogP contribution in [0.25, 0.3) is 11.0 Å². The fourth-order valence-corrected chi connectivity index (χ4v) is 4.92. The van der Waals surface area contributed by atoms with Gasteiger partial charge >= 0.3 is 0 Å². The summed E-state index contributed by atoms with van der Waals surface area (Å²) in [5, 5.41) is 0. The molecule has 1 saturated heterocycles. The molecule has 0 radical (unpaired) electrons. The molecule has 0 spiro atoms. The highest BCUT2D eigenvalue weighted by atomic mass is 16.2. The maximum Gasteiger partial charge on any atom is 0.254 e. The van der Waals surface area contributed by atoms with Gasteiger partial charge < -0.3 is 14.4 Å². The van der Waals surface area contributed by atoms with Crippen molar-refractivity contribution in [2.24, 2.45) is 0 Å². The van der Waals surface area contributed by atoms with Crippen LogP contribution in [0.5, 0.6) is 0 Å². The minimum atomic E-state index is 0.0823. The molecule has 1 amide bonds. The lowest BCUT2D eigenvalue weighted by Gasteiger charge is -2.24. The fourth-order valence-electron chi connectivity index (χ4n) is 4.92. The first-order valence-corrected chi connectivity index (χ1v) is 12.8. The summed E-state index contributed by atoms with van der Waals surface area (Å²) in [6, 6.07) is 16.2. The van der Waals surface area contributed by atoms with Crippen LogP contribution in [0.3, 0.4) is 0 Å². The van der Waals surface area contributed by atoms with E-state index in [1.807, 2.05) is 42.2 Å². The summed E-state index contributed by atoms with van der Waals surface area (Å²) in [4.78, 5) is 23.0. The monoisotopic (exact) mass is 458 g/mol. The number of aryl methyl sites for hydroxylation is 1. The van der Waals surface area contributed by atoms with Crippen molar-refractivity contribution < 1.29 is 4.79 Å². The number of benzene rings is 2. The molecule has 1 fully saturated rings. The Kier molecular flexibility index (Phi) is 8.17. The van der Waals surface area contributed by atoms with Crippen molar-refractivity contribution in [3.63, 3.8) is 0 Å². The van der Waals surface area contributed by atoms with E-state index in [1.54, 1.807) is 0 Å². The normalized spacial score (nSPS) is 14.7. The predicted octanol–water partition coefficient (Wildman–Crippen LogP) is 5.83. The summed E-state index contributed by atoms with van der Waals surface area (Å²) in [5.41, 5.74) is 5.34. The van der Waals surface area contributed by atoms with Crippen molar-refractivity contribution in [1.82, 2.24) is 19.4 Å². The number of allylic oxidation sites excluding steroid dienone is 1. The summed E-state index contributed by atoms with van der Waals surface area (Å²) in [6.07, 6.45) is 6.89. The average Bonchev–Trinajstić information content (AvgIpc) is 3.49. The van der Waals surface area contributed by atoms with Crippen LogP contribution in [0.4, 0.5) is 0 Å². The summed E-state index contributed by atoms with van der Waals surface area (Å²) in [7, 11) is 0. The molecule has 3 aromatic rings. The molecule has 1 aliphatic rings. The number of para-hydroxylation sites is 2. The second kappa shape index (κ2) is 11.5. The Morgan fingerprint density at radius 1 is 1.09 bits per heavy atom. The number of fused-ring (bicyclic) bond motifs is 1. The number of rotatable bonds is 10. The van der Waals surface area contributed by atoms with E-state index >= 15 is 0 Å². The number of amides is 1. The van der Waals surface area contributed by atoms with Crippen LogP contribution in [0.15, 0.2) is 60.2 Å². The minimum Gasteiger partial charge on any atom is -0.331 e. The quantitative estimate of drug-likeness (QED) is 0.359. The van der Waals surface area contributed by atoms with Crippen molar-refractivity contribution in [2.45, 2.75) is 59.5 Å². The van der Waals surface area contributed by atoms with E-state index in [9.17, 15) is 4.79 Å². The molecule has 0 saturated carbocycles. The highest BCUT2D eigenvalue weighted by Gasteiger charge is 2.21. The van der Waals surface area contributed by atoms with E-state index in [0.29, 0.717) is 13.1 Å². The molecular formula is C29H38N4O. The Morgan fingerprint density at radius 3 is 2.56 bits per heavy atom. The van der Waals surface area contributed by atoms with Crippen LogP contribution >= 0.6 is 0 Å². The summed E-state index contributed by atoms with van der Waals surface area (Å²) >= 11 is 0. The van der Waals surface area contributed by atoms with Gasteiger partial charge in [-0.2, -0.15) is 0 Å². The van der Waals surface area contributed by atoms with E-state index in [0.717, 1.165) is 53.9 Å². The van der Waals surface area contributed by atoms with Crippen LogP contribution in [0.2, 0.25) is 0 Å². The Hall–Kier alpha value is -2.92. The third-order valence-electron chi connectivity index (χ3n) is 6.94. The Balaban J connectivity index is 1.60. The maximum atomic E-state index is 13.5. The van der Waals surface area contributed by atoms with Gasteiger partial charge in [0.15, 0.2) is 0 Å². The van der Waals surface area contributed by atoms with Gasteiger partial charge in [-0.15, -0.1) is 0 Å². The van der Waals surface area contributed by atoms with Crippen LogP contribution in [0, 0.1) is 6.92 Å². The maximum absolute atomic E-state index is 13.5. The SMILES string of the molecule is C/C=C(\CCN1CCCC1)Cn1c(CN(CCC)C(=O)c2ccccc2C)nc2ccccc21. The van der Waals surface area contributed by atoms with Crippen molar-refractivity contribution >= 4 is 16.9 Å². The highest BCUT2D eigenvalue weighted by molar-refractivity contribution is 5.95. The second-order valence-electron chi connectivity index (χ2n) is 9.39. The zero-order chi connectivity index (χ0) is 23.9. The zero-order valence-electron chi connectivity index (χ0n) is 21.0. The van der Waals surface area contributed by atoms with Gasteiger partial charge in [-0.05, 0) is 76.4 Å². The number of carbonyl (C=O) groups excluding carboxylic acids is 1. The topological polar surface area (TPSA) is 41.4 Å². The Labute approximate surface area is 204 Å². The second-order valence-corrected chi connectivity index (χ2v) is 9.39. The van der Waals surface area contributed by atoms with E-state index in [2.05, 4.69) is 47.6 Å². The van der Waals surface area contributed by atoms with Gasteiger partial charge in [0.25, 0.3) is 5.91 Å². The van der Waals surface area contributed by atoms with Gasteiger partial charge in [-0.1, -0.05) is 48.9 Å². The van der Waals surface area contributed by atoms with Gasteiger partial charge in [0.05, 0.1) is 17.6 Å². The van der Waals surface area contributed by atoms with E-state index < -0.39 is 0 Å². The first-order valence-electron chi connectivity index (χ1n) is 12.8. The molecule has 2 heterocycles. The average molecular weight is 459 g/mol. The number of nitrogens with zero attached hydrogens (tertiary/aromatic N) is 4. The molecule has 0 N–H and O–H groups in total. The molecule has 0 unspecified atom stereocenters. The largest absolute Gasteiger partial charge is 0.331 e. The van der Waals surface area contributed by atoms with E-state index in [4.69, 9.17) is 4.98 Å². The van der Waals surface area contributed by atoms with Crippen LogP contribution in [-0.4, -0.2) is 51.4 Å². The first-order chi connectivity index (χ1) is 16.6. The smallest absolute Gasteiger partial charge is 0.254 e. The van der Waals surface area contributed by atoms with Crippen molar-refractivity contribution in [3.8, 4) is 0 Å². The first kappa shape index (κ1) is 24.2. The molecule has 5 heteroatoms. The molecule has 1 aromatic heterocycles. The summed E-state index contributed by atoms with van der Waals surface area (Å²) in [6.45, 7) is 11.9. The summed E-state index contributed by atoms with van der Waals surface area (Å²) < 4.78 is 2.32. The number of imidazole rings is 1. The Morgan fingerprint density at radius 2 is 1.82 bits per heavy atom. The molecular weight excluding hydrogens is 420 g/mol. The highest BCUT2D eigenvalue weighted by Crippen LogP contribution is 2.22. The fraction of sp³-hybridized carbons (Fsp3) is 0.448. The van der Waals surface area contributed by atoms with E-state index in [1.165, 1.54) is 31.5 Å². The lowest BCUT2D eigenvalue weighted by Crippen LogP contribution is -2.33. The van der Waals surface area contributed by atoms with Crippen molar-refractivity contribution in [2.75, 3.05) is 26.2 Å². The number of likely N-dealkylation sites (tertiary alicyclic amines) is 1. The number of carbonyl (C=O) groups is 1. The number of hydrogen-bond donors (Lipinski definition) is 0. The molecule has 0 atom stereocenters.